The van der Waals surface area contributed by atoms with Gasteiger partial charge in [-0.05, 0) is 42.0 Å². The van der Waals surface area contributed by atoms with Crippen molar-refractivity contribution >= 4 is 39.6 Å². The van der Waals surface area contributed by atoms with Crippen molar-refractivity contribution in [2.75, 3.05) is 12.0 Å². The zero-order valence-electron chi connectivity index (χ0n) is 12.1. The molecule has 2 atom stereocenters. The van der Waals surface area contributed by atoms with Gasteiger partial charge in [-0.1, -0.05) is 35.0 Å². The molecule has 0 spiro atoms. The quantitative estimate of drug-likeness (QED) is 0.733. The molecule has 0 saturated carbocycles. The summed E-state index contributed by atoms with van der Waals surface area (Å²) in [5.74, 6) is -0.444. The normalized spacial score (nSPS) is 13.5. The summed E-state index contributed by atoms with van der Waals surface area (Å²) in [6.45, 7) is 1.96. The van der Waals surface area contributed by atoms with E-state index in [0.29, 0.717) is 12.2 Å². The third kappa shape index (κ3) is 6.52. The molecule has 1 unspecified atom stereocenters. The molecule has 0 radical (unpaired) electrons. The van der Waals surface area contributed by atoms with Gasteiger partial charge in [0.1, 0.15) is 6.04 Å². The minimum atomic E-state index is -0.978. The van der Waals surface area contributed by atoms with E-state index in [1.54, 1.807) is 11.8 Å². The second-order valence-corrected chi connectivity index (χ2v) is 6.80. The Morgan fingerprint density at radius 2 is 1.95 bits per heavy atom. The second kappa shape index (κ2) is 9.10. The second-order valence-electron chi connectivity index (χ2n) is 4.90. The van der Waals surface area contributed by atoms with E-state index in [0.717, 1.165) is 10.0 Å². The Labute approximate surface area is 137 Å². The highest BCUT2D eigenvalue weighted by atomic mass is 79.9. The predicted molar refractivity (Wildman–Crippen MR) is 89.7 cm³/mol. The van der Waals surface area contributed by atoms with Crippen molar-refractivity contribution < 1.29 is 14.7 Å². The smallest absolute Gasteiger partial charge is 0.326 e. The SMILES string of the molecule is CSCC[C@@H](NC(=O)CC(C)c1ccc(Br)cc1)C(=O)O. The zero-order valence-corrected chi connectivity index (χ0v) is 14.5. The van der Waals surface area contributed by atoms with Crippen molar-refractivity contribution in [3.8, 4) is 0 Å². The Hall–Kier alpha value is -1.01. The van der Waals surface area contributed by atoms with E-state index in [4.69, 9.17) is 5.11 Å². The van der Waals surface area contributed by atoms with Crippen molar-refractivity contribution in [3.63, 3.8) is 0 Å². The Kier molecular flexibility index (Phi) is 7.82. The molecule has 1 aromatic rings. The zero-order chi connectivity index (χ0) is 15.8. The lowest BCUT2D eigenvalue weighted by Crippen LogP contribution is -2.41. The first-order valence-electron chi connectivity index (χ1n) is 6.70. The van der Waals surface area contributed by atoms with E-state index < -0.39 is 12.0 Å². The topological polar surface area (TPSA) is 66.4 Å². The molecule has 2 N–H and O–H groups in total. The van der Waals surface area contributed by atoms with E-state index in [1.165, 1.54) is 0 Å². The van der Waals surface area contributed by atoms with Crippen molar-refractivity contribution in [2.24, 2.45) is 0 Å². The molecule has 116 valence electrons. The van der Waals surface area contributed by atoms with Crippen LogP contribution >= 0.6 is 27.7 Å². The van der Waals surface area contributed by atoms with Crippen LogP contribution in [0, 0.1) is 0 Å². The van der Waals surface area contributed by atoms with Crippen LogP contribution in [0.1, 0.15) is 31.2 Å². The number of hydrogen-bond donors (Lipinski definition) is 2. The summed E-state index contributed by atoms with van der Waals surface area (Å²) in [6.07, 6.45) is 2.63. The molecule has 6 heteroatoms. The minimum absolute atomic E-state index is 0.0492. The van der Waals surface area contributed by atoms with Crippen molar-refractivity contribution in [1.29, 1.82) is 0 Å². The lowest BCUT2D eigenvalue weighted by atomic mass is 9.97. The first-order chi connectivity index (χ1) is 9.93. The standard InChI is InChI=1S/C15H20BrNO3S/c1-10(11-3-5-12(16)6-4-11)9-14(18)17-13(15(19)20)7-8-21-2/h3-6,10,13H,7-9H2,1-2H3,(H,17,18)(H,19,20)/t10?,13-/m1/s1. The number of carbonyl (C=O) groups excluding carboxylic acids is 1. The molecular weight excluding hydrogens is 354 g/mol. The Morgan fingerprint density at radius 3 is 2.48 bits per heavy atom. The summed E-state index contributed by atoms with van der Waals surface area (Å²) in [5.41, 5.74) is 1.06. The van der Waals surface area contributed by atoms with Gasteiger partial charge in [-0.2, -0.15) is 11.8 Å². The monoisotopic (exact) mass is 373 g/mol. The number of nitrogens with one attached hydrogen (secondary N) is 1. The van der Waals surface area contributed by atoms with Crippen LogP contribution in [0.5, 0.6) is 0 Å². The fourth-order valence-electron chi connectivity index (χ4n) is 1.93. The summed E-state index contributed by atoms with van der Waals surface area (Å²) in [7, 11) is 0. The number of aliphatic carboxylic acids is 1. The van der Waals surface area contributed by atoms with Crippen molar-refractivity contribution in [1.82, 2.24) is 5.32 Å². The van der Waals surface area contributed by atoms with Crippen LogP contribution in [0.3, 0.4) is 0 Å². The highest BCUT2D eigenvalue weighted by molar-refractivity contribution is 9.10. The molecule has 0 heterocycles. The number of halogens is 1. The third-order valence-corrected chi connectivity index (χ3v) is 4.35. The van der Waals surface area contributed by atoms with Gasteiger partial charge in [0.25, 0.3) is 0 Å². The van der Waals surface area contributed by atoms with Gasteiger partial charge in [0, 0.05) is 10.9 Å². The summed E-state index contributed by atoms with van der Waals surface area (Å²) in [4.78, 5) is 23.1. The van der Waals surface area contributed by atoms with E-state index in [-0.39, 0.29) is 18.2 Å². The van der Waals surface area contributed by atoms with Crippen molar-refractivity contribution in [3.05, 3.63) is 34.3 Å². The fourth-order valence-corrected chi connectivity index (χ4v) is 2.67. The van der Waals surface area contributed by atoms with Crippen LogP contribution in [0.15, 0.2) is 28.7 Å². The third-order valence-electron chi connectivity index (χ3n) is 3.17. The maximum Gasteiger partial charge on any atom is 0.326 e. The molecule has 0 fully saturated rings. The molecule has 0 aromatic heterocycles. The van der Waals surface area contributed by atoms with Gasteiger partial charge in [0.15, 0.2) is 0 Å². The summed E-state index contributed by atoms with van der Waals surface area (Å²) in [6, 6.07) is 6.99. The molecule has 0 bridgehead atoms. The summed E-state index contributed by atoms with van der Waals surface area (Å²) < 4.78 is 0.992. The maximum absolute atomic E-state index is 12.0. The van der Waals surface area contributed by atoms with E-state index in [2.05, 4.69) is 21.2 Å². The summed E-state index contributed by atoms with van der Waals surface area (Å²) in [5, 5.41) is 11.7. The summed E-state index contributed by atoms with van der Waals surface area (Å²) >= 11 is 4.94. The first-order valence-corrected chi connectivity index (χ1v) is 8.89. The van der Waals surface area contributed by atoms with Gasteiger partial charge in [-0.15, -0.1) is 0 Å². The molecule has 0 aliphatic heterocycles. The van der Waals surface area contributed by atoms with E-state index in [9.17, 15) is 9.59 Å². The number of carboxylic acids is 1. The van der Waals surface area contributed by atoms with Crippen LogP contribution in [0.4, 0.5) is 0 Å². The van der Waals surface area contributed by atoms with Gasteiger partial charge >= 0.3 is 5.97 Å². The highest BCUT2D eigenvalue weighted by Gasteiger charge is 2.20. The number of carboxylic acid groups (broad SMARTS) is 1. The van der Waals surface area contributed by atoms with Crippen LogP contribution in [0.25, 0.3) is 0 Å². The molecule has 1 aromatic carbocycles. The number of carbonyl (C=O) groups is 2. The Morgan fingerprint density at radius 1 is 1.33 bits per heavy atom. The maximum atomic E-state index is 12.0. The molecule has 0 aliphatic carbocycles. The molecular formula is C15H20BrNO3S. The Balaban J connectivity index is 2.54. The largest absolute Gasteiger partial charge is 0.480 e. The van der Waals surface area contributed by atoms with Crippen LogP contribution in [-0.2, 0) is 9.59 Å². The van der Waals surface area contributed by atoms with Crippen LogP contribution < -0.4 is 5.32 Å². The molecule has 21 heavy (non-hydrogen) atoms. The lowest BCUT2D eigenvalue weighted by molar-refractivity contribution is -0.141. The highest BCUT2D eigenvalue weighted by Crippen LogP contribution is 2.21. The van der Waals surface area contributed by atoms with Crippen molar-refractivity contribution in [2.45, 2.75) is 31.7 Å². The fraction of sp³-hybridized carbons (Fsp3) is 0.467. The van der Waals surface area contributed by atoms with Gasteiger partial charge in [-0.3, -0.25) is 4.79 Å². The molecule has 4 nitrogen and oxygen atoms in total. The van der Waals surface area contributed by atoms with Crippen LogP contribution in [-0.4, -0.2) is 35.0 Å². The minimum Gasteiger partial charge on any atom is -0.480 e. The van der Waals surface area contributed by atoms with Gasteiger partial charge in [0.2, 0.25) is 5.91 Å². The number of amides is 1. The molecule has 0 aliphatic rings. The number of rotatable bonds is 8. The van der Waals surface area contributed by atoms with E-state index >= 15 is 0 Å². The Bertz CT molecular complexity index is 478. The van der Waals surface area contributed by atoms with Gasteiger partial charge < -0.3 is 10.4 Å². The number of thioether (sulfide) groups is 1. The molecule has 1 amide bonds. The predicted octanol–water partition coefficient (Wildman–Crippen LogP) is 3.27. The van der Waals surface area contributed by atoms with E-state index in [1.807, 2.05) is 37.4 Å². The lowest BCUT2D eigenvalue weighted by Gasteiger charge is -2.16. The number of benzene rings is 1. The molecule has 1 rings (SSSR count). The number of hydrogen-bond acceptors (Lipinski definition) is 3. The molecule has 0 saturated heterocycles. The van der Waals surface area contributed by atoms with Gasteiger partial charge in [0.05, 0.1) is 0 Å². The average molecular weight is 374 g/mol. The van der Waals surface area contributed by atoms with Crippen LogP contribution in [0.2, 0.25) is 0 Å². The van der Waals surface area contributed by atoms with Gasteiger partial charge in [-0.25, -0.2) is 4.79 Å². The average Bonchev–Trinajstić information content (AvgIpc) is 2.43. The first kappa shape index (κ1) is 18.0.